The van der Waals surface area contributed by atoms with Crippen molar-refractivity contribution in [3.63, 3.8) is 0 Å². The summed E-state index contributed by atoms with van der Waals surface area (Å²) in [5.74, 6) is 1.70. The minimum absolute atomic E-state index is 0.142. The molecule has 0 fully saturated rings. The highest BCUT2D eigenvalue weighted by molar-refractivity contribution is 7.12. The minimum Gasteiger partial charge on any atom is -0.460 e. The van der Waals surface area contributed by atoms with Gasteiger partial charge < -0.3 is 9.52 Å². The predicted molar refractivity (Wildman–Crippen MR) is 60.1 cm³/mol. The summed E-state index contributed by atoms with van der Waals surface area (Å²) in [5, 5.41) is 9.80. The molecule has 1 N–H and O–H groups in total. The molecule has 0 bridgehead atoms. The second-order valence-electron chi connectivity index (χ2n) is 3.40. The third kappa shape index (κ3) is 2.11. The largest absolute Gasteiger partial charge is 0.460 e. The SMILES string of the molecule is Cc1ccc(-c2nc(CCO)sc2C)o1. The fourth-order valence-electron chi connectivity index (χ4n) is 1.44. The zero-order valence-electron chi connectivity index (χ0n) is 8.78. The van der Waals surface area contributed by atoms with Crippen molar-refractivity contribution in [2.45, 2.75) is 20.3 Å². The van der Waals surface area contributed by atoms with E-state index in [0.29, 0.717) is 6.42 Å². The molecule has 0 aliphatic heterocycles. The molecule has 0 unspecified atom stereocenters. The van der Waals surface area contributed by atoms with Gasteiger partial charge in [0.25, 0.3) is 0 Å². The van der Waals surface area contributed by atoms with Gasteiger partial charge in [0.15, 0.2) is 5.76 Å². The average Bonchev–Trinajstić information content (AvgIpc) is 2.73. The summed E-state index contributed by atoms with van der Waals surface area (Å²) < 4.78 is 5.52. The fourth-order valence-corrected chi connectivity index (χ4v) is 2.37. The van der Waals surface area contributed by atoms with E-state index in [9.17, 15) is 0 Å². The third-order valence-corrected chi connectivity index (χ3v) is 3.17. The van der Waals surface area contributed by atoms with Crippen molar-refractivity contribution in [3.8, 4) is 11.5 Å². The quantitative estimate of drug-likeness (QED) is 0.869. The van der Waals surface area contributed by atoms with Crippen molar-refractivity contribution in [1.82, 2.24) is 4.98 Å². The summed E-state index contributed by atoms with van der Waals surface area (Å²) in [7, 11) is 0. The van der Waals surface area contributed by atoms with Gasteiger partial charge in [-0.05, 0) is 26.0 Å². The van der Waals surface area contributed by atoms with E-state index in [1.54, 1.807) is 11.3 Å². The topological polar surface area (TPSA) is 46.3 Å². The Bertz CT molecular complexity index is 459. The predicted octanol–water partition coefficient (Wildman–Crippen LogP) is 2.55. The van der Waals surface area contributed by atoms with Gasteiger partial charge in [0, 0.05) is 17.9 Å². The smallest absolute Gasteiger partial charge is 0.153 e. The number of furan rings is 1. The molecule has 0 aliphatic carbocycles. The molecule has 0 amide bonds. The van der Waals surface area contributed by atoms with E-state index in [0.717, 1.165) is 27.1 Å². The molecule has 15 heavy (non-hydrogen) atoms. The molecule has 0 aliphatic rings. The lowest BCUT2D eigenvalue weighted by Crippen LogP contribution is -1.88. The molecule has 0 spiro atoms. The van der Waals surface area contributed by atoms with Crippen molar-refractivity contribution in [2.75, 3.05) is 6.61 Å². The summed E-state index contributed by atoms with van der Waals surface area (Å²) in [4.78, 5) is 5.58. The normalized spacial score (nSPS) is 10.9. The van der Waals surface area contributed by atoms with Crippen LogP contribution in [0.3, 0.4) is 0 Å². The Labute approximate surface area is 92.4 Å². The number of thiazole rings is 1. The maximum atomic E-state index is 8.84. The van der Waals surface area contributed by atoms with Gasteiger partial charge >= 0.3 is 0 Å². The van der Waals surface area contributed by atoms with Crippen molar-refractivity contribution in [1.29, 1.82) is 0 Å². The van der Waals surface area contributed by atoms with Crippen LogP contribution >= 0.6 is 11.3 Å². The van der Waals surface area contributed by atoms with Crippen LogP contribution in [-0.2, 0) is 6.42 Å². The van der Waals surface area contributed by atoms with Gasteiger partial charge in [0.05, 0.1) is 5.01 Å². The van der Waals surface area contributed by atoms with Gasteiger partial charge in [-0.25, -0.2) is 4.98 Å². The number of nitrogens with zero attached hydrogens (tertiary/aromatic N) is 1. The molecule has 4 heteroatoms. The number of aromatic nitrogens is 1. The average molecular weight is 223 g/mol. The van der Waals surface area contributed by atoms with Crippen LogP contribution in [0.15, 0.2) is 16.5 Å². The van der Waals surface area contributed by atoms with Crippen LogP contribution in [0.2, 0.25) is 0 Å². The van der Waals surface area contributed by atoms with E-state index in [-0.39, 0.29) is 6.61 Å². The van der Waals surface area contributed by atoms with Gasteiger partial charge in [-0.1, -0.05) is 0 Å². The summed E-state index contributed by atoms with van der Waals surface area (Å²) in [6, 6.07) is 3.86. The Kier molecular flexibility index (Phi) is 2.88. The van der Waals surface area contributed by atoms with Crippen LogP contribution in [-0.4, -0.2) is 16.7 Å². The summed E-state index contributed by atoms with van der Waals surface area (Å²) in [5.41, 5.74) is 0.900. The number of aryl methyl sites for hydroxylation is 2. The Balaban J connectivity index is 2.35. The third-order valence-electron chi connectivity index (χ3n) is 2.14. The number of hydrogen-bond acceptors (Lipinski definition) is 4. The molecule has 0 saturated heterocycles. The van der Waals surface area contributed by atoms with Crippen LogP contribution in [0.25, 0.3) is 11.5 Å². The molecule has 0 aromatic carbocycles. The van der Waals surface area contributed by atoms with Crippen molar-refractivity contribution < 1.29 is 9.52 Å². The molecular formula is C11H13NO2S. The zero-order chi connectivity index (χ0) is 10.8. The van der Waals surface area contributed by atoms with Gasteiger partial charge in [0.2, 0.25) is 0 Å². The summed E-state index contributed by atoms with van der Waals surface area (Å²) in [6.45, 7) is 4.08. The first-order chi connectivity index (χ1) is 7.20. The maximum absolute atomic E-state index is 8.84. The zero-order valence-corrected chi connectivity index (χ0v) is 9.60. The number of hydrogen-bond donors (Lipinski definition) is 1. The first-order valence-corrected chi connectivity index (χ1v) is 5.66. The van der Waals surface area contributed by atoms with E-state index in [1.807, 2.05) is 26.0 Å². The Hall–Kier alpha value is -1.13. The molecule has 2 aromatic heterocycles. The molecule has 2 rings (SSSR count). The molecule has 0 atom stereocenters. The van der Waals surface area contributed by atoms with E-state index in [2.05, 4.69) is 4.98 Å². The molecule has 3 nitrogen and oxygen atoms in total. The van der Waals surface area contributed by atoms with Crippen LogP contribution in [0.4, 0.5) is 0 Å². The summed E-state index contributed by atoms with van der Waals surface area (Å²) >= 11 is 1.61. The van der Waals surface area contributed by atoms with Gasteiger partial charge in [-0.15, -0.1) is 11.3 Å². The first-order valence-electron chi connectivity index (χ1n) is 4.84. The first kappa shape index (κ1) is 10.4. The Morgan fingerprint density at radius 1 is 1.40 bits per heavy atom. The standard InChI is InChI=1S/C11H13NO2S/c1-7-3-4-9(14-7)11-8(2)15-10(12-11)5-6-13/h3-4,13H,5-6H2,1-2H3. The molecule has 80 valence electrons. The van der Waals surface area contributed by atoms with Crippen molar-refractivity contribution in [2.24, 2.45) is 0 Å². The highest BCUT2D eigenvalue weighted by atomic mass is 32.1. The second kappa shape index (κ2) is 4.16. The lowest BCUT2D eigenvalue weighted by Gasteiger charge is -1.91. The van der Waals surface area contributed by atoms with Crippen molar-refractivity contribution in [3.05, 3.63) is 27.8 Å². The lowest BCUT2D eigenvalue weighted by molar-refractivity contribution is 0.299. The Morgan fingerprint density at radius 3 is 2.80 bits per heavy atom. The number of rotatable bonds is 3. The molecule has 2 heterocycles. The monoisotopic (exact) mass is 223 g/mol. The van der Waals surface area contributed by atoms with E-state index < -0.39 is 0 Å². The molecule has 0 saturated carbocycles. The van der Waals surface area contributed by atoms with Crippen molar-refractivity contribution >= 4 is 11.3 Å². The number of aliphatic hydroxyl groups excluding tert-OH is 1. The van der Waals surface area contributed by atoms with Gasteiger partial charge in [0.1, 0.15) is 11.5 Å². The minimum atomic E-state index is 0.142. The van der Waals surface area contributed by atoms with Crippen LogP contribution in [0.1, 0.15) is 15.6 Å². The molecule has 0 radical (unpaired) electrons. The van der Waals surface area contributed by atoms with E-state index in [1.165, 1.54) is 0 Å². The van der Waals surface area contributed by atoms with Crippen LogP contribution < -0.4 is 0 Å². The molecule has 2 aromatic rings. The lowest BCUT2D eigenvalue weighted by atomic mass is 10.3. The number of aliphatic hydroxyl groups is 1. The fraction of sp³-hybridized carbons (Fsp3) is 0.364. The highest BCUT2D eigenvalue weighted by Gasteiger charge is 2.12. The van der Waals surface area contributed by atoms with E-state index in [4.69, 9.17) is 9.52 Å². The molecular weight excluding hydrogens is 210 g/mol. The highest BCUT2D eigenvalue weighted by Crippen LogP contribution is 2.28. The van der Waals surface area contributed by atoms with Crippen LogP contribution in [0, 0.1) is 13.8 Å². The van der Waals surface area contributed by atoms with Gasteiger partial charge in [-0.3, -0.25) is 0 Å². The summed E-state index contributed by atoms with van der Waals surface area (Å²) in [6.07, 6.45) is 0.616. The maximum Gasteiger partial charge on any atom is 0.153 e. The Morgan fingerprint density at radius 2 is 2.20 bits per heavy atom. The van der Waals surface area contributed by atoms with Gasteiger partial charge in [-0.2, -0.15) is 0 Å². The second-order valence-corrected chi connectivity index (χ2v) is 4.68. The van der Waals surface area contributed by atoms with E-state index >= 15 is 0 Å². The van der Waals surface area contributed by atoms with Crippen LogP contribution in [0.5, 0.6) is 0 Å².